The van der Waals surface area contributed by atoms with Crippen molar-refractivity contribution in [3.05, 3.63) is 0 Å². The van der Waals surface area contributed by atoms with Crippen LogP contribution in [0.2, 0.25) is 0 Å². The van der Waals surface area contributed by atoms with Gasteiger partial charge < -0.3 is 60.2 Å². The summed E-state index contributed by atoms with van der Waals surface area (Å²) >= 11 is 0. The lowest BCUT2D eigenvalue weighted by molar-refractivity contribution is -0.343. The lowest BCUT2D eigenvalue weighted by atomic mass is 9.96. The zero-order valence-electron chi connectivity index (χ0n) is 16.7. The van der Waals surface area contributed by atoms with Gasteiger partial charge in [0.25, 0.3) is 0 Å². The van der Waals surface area contributed by atoms with E-state index in [0.29, 0.717) is 0 Å². The molecule has 2 aliphatic heterocycles. The van der Waals surface area contributed by atoms with Gasteiger partial charge in [-0.1, -0.05) is 0 Å². The normalized spacial score (nSPS) is 41.2. The fraction of sp³-hybridized carbons (Fsp3) is 0.882. The summed E-state index contributed by atoms with van der Waals surface area (Å²) in [4.78, 5) is 22.1. The maximum atomic E-state index is 11.4. The zero-order valence-corrected chi connectivity index (χ0v) is 16.7. The fourth-order valence-electron chi connectivity index (χ4n) is 3.47. The van der Waals surface area contributed by atoms with Gasteiger partial charge in [-0.25, -0.2) is 0 Å². The van der Waals surface area contributed by atoms with Gasteiger partial charge in [-0.15, -0.1) is 0 Å². The highest BCUT2D eigenvalue weighted by atomic mass is 16.7. The average molecular weight is 471 g/mol. The first-order valence-corrected chi connectivity index (χ1v) is 9.80. The quantitative estimate of drug-likeness (QED) is 0.142. The molecule has 0 radical (unpaired) electrons. The predicted octanol–water partition coefficient (Wildman–Crippen LogP) is -5.48. The minimum Gasteiger partial charge on any atom is -0.481 e. The van der Waals surface area contributed by atoms with Crippen LogP contribution in [0.15, 0.2) is 0 Å². The van der Waals surface area contributed by atoms with Crippen molar-refractivity contribution in [3.8, 4) is 0 Å². The Hall–Kier alpha value is -1.50. The van der Waals surface area contributed by atoms with Crippen LogP contribution in [-0.2, 0) is 23.8 Å². The summed E-state index contributed by atoms with van der Waals surface area (Å²) in [5.41, 5.74) is 0. The monoisotopic (exact) mass is 471 g/mol. The van der Waals surface area contributed by atoms with E-state index in [1.165, 1.54) is 0 Å². The van der Waals surface area contributed by atoms with Crippen molar-refractivity contribution < 1.29 is 69.8 Å². The second-order valence-electron chi connectivity index (χ2n) is 7.55. The van der Waals surface area contributed by atoms with Crippen LogP contribution in [0.4, 0.5) is 0 Å². The molecule has 2 heterocycles. The number of rotatable bonds is 10. The number of hydrogen-bond acceptors (Lipinski definition) is 13. The van der Waals surface area contributed by atoms with E-state index >= 15 is 0 Å². The van der Waals surface area contributed by atoms with Gasteiger partial charge >= 0.3 is 11.9 Å². The first kappa shape index (κ1) is 26.7. The van der Waals surface area contributed by atoms with Crippen LogP contribution in [0.1, 0.15) is 12.8 Å². The van der Waals surface area contributed by atoms with E-state index in [0.717, 1.165) is 0 Å². The molecule has 0 aromatic heterocycles. The molecule has 15 nitrogen and oxygen atoms in total. The molecule has 2 fully saturated rings. The van der Waals surface area contributed by atoms with E-state index in [2.05, 4.69) is 5.32 Å². The van der Waals surface area contributed by atoms with Crippen molar-refractivity contribution in [2.24, 2.45) is 0 Å². The number of ether oxygens (including phenoxy) is 3. The molecule has 10 N–H and O–H groups in total. The first-order valence-electron chi connectivity index (χ1n) is 9.80. The Labute approximate surface area is 181 Å². The van der Waals surface area contributed by atoms with Crippen LogP contribution >= 0.6 is 0 Å². The maximum absolute atomic E-state index is 11.4. The lowest BCUT2D eigenvalue weighted by Crippen LogP contribution is -2.67. The Kier molecular flexibility index (Phi) is 9.68. The Balaban J connectivity index is 2.11. The Bertz CT molecular complexity index is 632. The second-order valence-corrected chi connectivity index (χ2v) is 7.55. The molecule has 0 saturated carbocycles. The minimum absolute atomic E-state index is 0.359. The minimum atomic E-state index is -1.82. The van der Waals surface area contributed by atoms with Gasteiger partial charge in [-0.2, -0.15) is 0 Å². The van der Waals surface area contributed by atoms with E-state index in [-0.39, 0.29) is 6.42 Å². The Morgan fingerprint density at radius 1 is 0.844 bits per heavy atom. The molecule has 11 atom stereocenters. The summed E-state index contributed by atoms with van der Waals surface area (Å²) in [6, 6.07) is -1.46. The van der Waals surface area contributed by atoms with E-state index in [9.17, 15) is 50.4 Å². The number of nitrogens with one attached hydrogen (secondary N) is 1. The topological polar surface area (TPSA) is 256 Å². The maximum Gasteiger partial charge on any atom is 0.320 e. The van der Waals surface area contributed by atoms with Gasteiger partial charge in [0.2, 0.25) is 0 Å². The van der Waals surface area contributed by atoms with Crippen molar-refractivity contribution in [2.45, 2.75) is 80.2 Å². The fourth-order valence-corrected chi connectivity index (χ4v) is 3.47. The largest absolute Gasteiger partial charge is 0.481 e. The summed E-state index contributed by atoms with van der Waals surface area (Å²) in [6.45, 7) is -1.53. The summed E-state index contributed by atoms with van der Waals surface area (Å²) in [5, 5.41) is 89.8. The molecule has 186 valence electrons. The van der Waals surface area contributed by atoms with Crippen LogP contribution in [0, 0.1) is 0 Å². The van der Waals surface area contributed by atoms with Crippen molar-refractivity contribution >= 4 is 11.9 Å². The standard InChI is InChI=1S/C17H29NO14/c19-3-6-9(23)10(24)13(27)17(31-6)32-14-7(4-20)30-15(12(26)11(14)25)18-5(16(28)29)1-2-8(21)22/h5-7,9-15,17-20,23-27H,1-4H2,(H,21,22)(H,28,29)/t5-,6+,7+,9-,10-,11+,12+,13+,14+,15?,17-/m0/s1. The molecule has 0 aliphatic carbocycles. The second kappa shape index (κ2) is 11.6. The Morgan fingerprint density at radius 2 is 1.47 bits per heavy atom. The van der Waals surface area contributed by atoms with Crippen molar-refractivity contribution in [1.29, 1.82) is 0 Å². The number of aliphatic hydroxyl groups excluding tert-OH is 7. The number of carboxylic acid groups (broad SMARTS) is 2. The van der Waals surface area contributed by atoms with Gasteiger partial charge in [0.1, 0.15) is 61.1 Å². The molecule has 15 heteroatoms. The lowest BCUT2D eigenvalue weighted by Gasteiger charge is -2.46. The molecule has 32 heavy (non-hydrogen) atoms. The van der Waals surface area contributed by atoms with Crippen molar-refractivity contribution in [3.63, 3.8) is 0 Å². The molecule has 2 rings (SSSR count). The van der Waals surface area contributed by atoms with Gasteiger partial charge in [0.15, 0.2) is 6.29 Å². The number of hydrogen-bond donors (Lipinski definition) is 10. The number of aliphatic carboxylic acids is 2. The number of aliphatic hydroxyl groups is 7. The first-order chi connectivity index (χ1) is 15.0. The van der Waals surface area contributed by atoms with E-state index in [1.54, 1.807) is 0 Å². The number of carbonyl (C=O) groups is 2. The van der Waals surface area contributed by atoms with Gasteiger partial charge in [0, 0.05) is 6.42 Å². The van der Waals surface area contributed by atoms with Crippen LogP contribution in [0.3, 0.4) is 0 Å². The summed E-state index contributed by atoms with van der Waals surface area (Å²) < 4.78 is 16.0. The zero-order chi connectivity index (χ0) is 24.2. The predicted molar refractivity (Wildman–Crippen MR) is 97.8 cm³/mol. The summed E-state index contributed by atoms with van der Waals surface area (Å²) in [7, 11) is 0. The van der Waals surface area contributed by atoms with Crippen molar-refractivity contribution in [2.75, 3.05) is 13.2 Å². The number of carboxylic acids is 2. The molecule has 0 amide bonds. The molecule has 0 spiro atoms. The van der Waals surface area contributed by atoms with Gasteiger partial charge in [0.05, 0.1) is 13.2 Å². The molecule has 2 aliphatic rings. The SMILES string of the molecule is O=C(O)CC[C@H](NC1O[C@H](CO)[C@@H](O[C@@H]2O[C@H](CO)[C@H](O)[C@H](O)[C@H]2O)[C@H](O)[C@H]1O)C(=O)O. The highest BCUT2D eigenvalue weighted by molar-refractivity contribution is 5.75. The smallest absolute Gasteiger partial charge is 0.320 e. The van der Waals surface area contributed by atoms with E-state index < -0.39 is 99.0 Å². The average Bonchev–Trinajstić information content (AvgIpc) is 2.75. The third-order valence-electron chi connectivity index (χ3n) is 5.31. The third-order valence-corrected chi connectivity index (χ3v) is 5.31. The van der Waals surface area contributed by atoms with E-state index in [4.69, 9.17) is 19.3 Å². The van der Waals surface area contributed by atoms with Crippen LogP contribution in [0.5, 0.6) is 0 Å². The van der Waals surface area contributed by atoms with Crippen molar-refractivity contribution in [1.82, 2.24) is 5.32 Å². The van der Waals surface area contributed by atoms with Crippen LogP contribution in [-0.4, -0.2) is 139 Å². The molecule has 2 saturated heterocycles. The summed E-state index contributed by atoms with van der Waals surface area (Å²) in [6.07, 6.45) is -17.2. The Morgan fingerprint density at radius 3 is 2.00 bits per heavy atom. The molecular weight excluding hydrogens is 442 g/mol. The summed E-state index contributed by atoms with van der Waals surface area (Å²) in [5.74, 6) is -2.68. The highest BCUT2D eigenvalue weighted by Crippen LogP contribution is 2.28. The van der Waals surface area contributed by atoms with Gasteiger partial charge in [-0.05, 0) is 6.42 Å². The molecular formula is C17H29NO14. The van der Waals surface area contributed by atoms with Gasteiger partial charge in [-0.3, -0.25) is 14.9 Å². The molecule has 0 aromatic rings. The molecule has 1 unspecified atom stereocenters. The third kappa shape index (κ3) is 6.09. The highest BCUT2D eigenvalue weighted by Gasteiger charge is 2.50. The molecule has 0 bridgehead atoms. The van der Waals surface area contributed by atoms with Crippen LogP contribution < -0.4 is 5.32 Å². The molecule has 0 aromatic carbocycles. The van der Waals surface area contributed by atoms with Crippen LogP contribution in [0.25, 0.3) is 0 Å². The van der Waals surface area contributed by atoms with E-state index in [1.807, 2.05) is 0 Å².